The van der Waals surface area contributed by atoms with Crippen molar-refractivity contribution in [3.05, 3.63) is 35.5 Å². The fourth-order valence-corrected chi connectivity index (χ4v) is 2.85. The van der Waals surface area contributed by atoms with Crippen molar-refractivity contribution < 1.29 is 8.42 Å². The Morgan fingerprint density at radius 2 is 2.10 bits per heavy atom. The van der Waals surface area contributed by atoms with Crippen molar-refractivity contribution in [2.75, 3.05) is 13.1 Å². The molecule has 0 radical (unpaired) electrons. The number of aliphatic imine (C=N–C) groups is 1. The summed E-state index contributed by atoms with van der Waals surface area (Å²) in [5.41, 5.74) is 12.1. The zero-order valence-corrected chi connectivity index (χ0v) is 11.7. The van der Waals surface area contributed by atoms with Crippen LogP contribution in [0.3, 0.4) is 0 Å². The van der Waals surface area contributed by atoms with E-state index >= 15 is 0 Å². The van der Waals surface area contributed by atoms with E-state index in [0.29, 0.717) is 25.2 Å². The minimum absolute atomic E-state index is 0.0582. The normalized spacial score (nSPS) is 13.9. The molecule has 0 unspecified atom stereocenters. The third kappa shape index (κ3) is 3.28. The monoisotopic (exact) mass is 295 g/mol. The second-order valence-corrected chi connectivity index (χ2v) is 6.00. The zero-order valence-electron chi connectivity index (χ0n) is 10.9. The largest absolute Gasteiger partial charge is 0.371 e. The average molecular weight is 295 g/mol. The van der Waals surface area contributed by atoms with E-state index in [0.717, 1.165) is 5.56 Å². The van der Waals surface area contributed by atoms with Gasteiger partial charge in [-0.25, -0.2) is 13.6 Å². The third-order valence-corrected chi connectivity index (χ3v) is 3.94. The highest BCUT2D eigenvalue weighted by Gasteiger charge is 2.18. The fourth-order valence-electron chi connectivity index (χ4n) is 2.08. The van der Waals surface area contributed by atoms with Crippen molar-refractivity contribution in [3.63, 3.8) is 0 Å². The number of rotatable bonds is 4. The van der Waals surface area contributed by atoms with Crippen molar-refractivity contribution in [3.8, 4) is 0 Å². The molecule has 0 atom stereocenters. The van der Waals surface area contributed by atoms with E-state index in [-0.39, 0.29) is 10.9 Å². The number of primary sulfonamides is 1. The standard InChI is InChI=1S/C12H17N5O2S/c13-12(14)16-5-7-17-6-4-10-9(8-17)2-1-3-11(10)20(15,18)19/h1-4,6H,5,7-8H2,(H4,13,14,16)(H2,15,18,19). The molecule has 1 aliphatic heterocycles. The van der Waals surface area contributed by atoms with Crippen LogP contribution in [0.4, 0.5) is 0 Å². The highest BCUT2D eigenvalue weighted by Crippen LogP contribution is 2.25. The van der Waals surface area contributed by atoms with Gasteiger partial charge in [0.1, 0.15) is 0 Å². The van der Waals surface area contributed by atoms with Crippen LogP contribution in [0.5, 0.6) is 0 Å². The van der Waals surface area contributed by atoms with Crippen molar-refractivity contribution in [1.82, 2.24) is 4.90 Å². The zero-order chi connectivity index (χ0) is 14.8. The number of fused-ring (bicyclic) bond motifs is 1. The fraction of sp³-hybridized carbons (Fsp3) is 0.250. The molecule has 1 aliphatic rings. The van der Waals surface area contributed by atoms with E-state index in [2.05, 4.69) is 4.99 Å². The topological polar surface area (TPSA) is 128 Å². The summed E-state index contributed by atoms with van der Waals surface area (Å²) < 4.78 is 23.0. The number of nitrogens with two attached hydrogens (primary N) is 3. The van der Waals surface area contributed by atoms with Gasteiger partial charge in [0.15, 0.2) is 5.96 Å². The summed E-state index contributed by atoms with van der Waals surface area (Å²) in [6.45, 7) is 1.72. The molecule has 0 saturated carbocycles. The lowest BCUT2D eigenvalue weighted by atomic mass is 10.0. The van der Waals surface area contributed by atoms with Crippen molar-refractivity contribution >= 4 is 22.1 Å². The molecule has 108 valence electrons. The van der Waals surface area contributed by atoms with Gasteiger partial charge in [-0.05, 0) is 17.7 Å². The molecule has 1 aromatic rings. The van der Waals surface area contributed by atoms with Crippen LogP contribution in [0, 0.1) is 0 Å². The second-order valence-electron chi connectivity index (χ2n) is 4.47. The van der Waals surface area contributed by atoms with E-state index in [4.69, 9.17) is 16.6 Å². The van der Waals surface area contributed by atoms with Gasteiger partial charge in [0.05, 0.1) is 11.4 Å². The predicted molar refractivity (Wildman–Crippen MR) is 77.9 cm³/mol. The molecule has 0 bridgehead atoms. The van der Waals surface area contributed by atoms with E-state index in [1.165, 1.54) is 6.07 Å². The van der Waals surface area contributed by atoms with Gasteiger partial charge in [0, 0.05) is 24.9 Å². The molecule has 0 spiro atoms. The van der Waals surface area contributed by atoms with Crippen LogP contribution in [0.2, 0.25) is 0 Å². The Morgan fingerprint density at radius 3 is 2.75 bits per heavy atom. The van der Waals surface area contributed by atoms with Crippen molar-refractivity contribution in [2.45, 2.75) is 11.4 Å². The van der Waals surface area contributed by atoms with Crippen LogP contribution in [-0.2, 0) is 16.6 Å². The molecule has 0 saturated heterocycles. The molecule has 0 fully saturated rings. The van der Waals surface area contributed by atoms with Gasteiger partial charge in [0.25, 0.3) is 0 Å². The lowest BCUT2D eigenvalue weighted by Crippen LogP contribution is -2.27. The second kappa shape index (κ2) is 5.51. The van der Waals surface area contributed by atoms with Gasteiger partial charge >= 0.3 is 0 Å². The molecule has 7 nitrogen and oxygen atoms in total. The number of sulfonamides is 1. The van der Waals surface area contributed by atoms with Crippen LogP contribution in [0.1, 0.15) is 11.1 Å². The van der Waals surface area contributed by atoms with Crippen LogP contribution >= 0.6 is 0 Å². The van der Waals surface area contributed by atoms with Crippen molar-refractivity contribution in [2.24, 2.45) is 21.6 Å². The summed E-state index contributed by atoms with van der Waals surface area (Å²) in [7, 11) is -3.71. The minimum atomic E-state index is -3.71. The molecule has 0 aliphatic carbocycles. The molecule has 8 heteroatoms. The highest BCUT2D eigenvalue weighted by atomic mass is 32.2. The van der Waals surface area contributed by atoms with Gasteiger partial charge in [0.2, 0.25) is 10.0 Å². The van der Waals surface area contributed by atoms with Crippen LogP contribution in [0.25, 0.3) is 6.08 Å². The lowest BCUT2D eigenvalue weighted by molar-refractivity contribution is 0.376. The SMILES string of the molecule is NC(N)=NCCN1C=Cc2c(cccc2S(N)(=O)=O)C1. The number of nitrogens with zero attached hydrogens (tertiary/aromatic N) is 2. The molecule has 2 rings (SSSR count). The quantitative estimate of drug-likeness (QED) is 0.504. The maximum atomic E-state index is 11.5. The molecule has 1 heterocycles. The van der Waals surface area contributed by atoms with Gasteiger partial charge < -0.3 is 16.4 Å². The number of guanidine groups is 1. The highest BCUT2D eigenvalue weighted by molar-refractivity contribution is 7.89. The van der Waals surface area contributed by atoms with E-state index < -0.39 is 10.0 Å². The van der Waals surface area contributed by atoms with Crippen LogP contribution < -0.4 is 16.6 Å². The predicted octanol–water partition coefficient (Wildman–Crippen LogP) is -0.606. The minimum Gasteiger partial charge on any atom is -0.371 e. The number of hydrogen-bond acceptors (Lipinski definition) is 4. The summed E-state index contributed by atoms with van der Waals surface area (Å²) in [4.78, 5) is 6.06. The van der Waals surface area contributed by atoms with Crippen LogP contribution in [-0.4, -0.2) is 32.4 Å². The Morgan fingerprint density at radius 1 is 1.35 bits per heavy atom. The van der Waals surface area contributed by atoms with Crippen LogP contribution in [0.15, 0.2) is 34.3 Å². The Balaban J connectivity index is 2.20. The van der Waals surface area contributed by atoms with E-state index in [1.807, 2.05) is 17.2 Å². The summed E-state index contributed by atoms with van der Waals surface area (Å²) in [5, 5.41) is 5.21. The summed E-state index contributed by atoms with van der Waals surface area (Å²) in [6.07, 6.45) is 3.56. The van der Waals surface area contributed by atoms with Gasteiger partial charge in [-0.15, -0.1) is 0 Å². The Bertz CT molecular complexity index is 662. The molecule has 0 amide bonds. The first kappa shape index (κ1) is 14.4. The summed E-state index contributed by atoms with van der Waals surface area (Å²) in [5.74, 6) is 0.0582. The first-order valence-electron chi connectivity index (χ1n) is 6.00. The molecular weight excluding hydrogens is 278 g/mol. The average Bonchev–Trinajstić information content (AvgIpc) is 2.36. The summed E-state index contributed by atoms with van der Waals surface area (Å²) >= 11 is 0. The first-order chi connectivity index (χ1) is 9.38. The molecular formula is C12H17N5O2S. The first-order valence-corrected chi connectivity index (χ1v) is 7.55. The third-order valence-electron chi connectivity index (χ3n) is 2.97. The Kier molecular flexibility index (Phi) is 3.96. The molecule has 20 heavy (non-hydrogen) atoms. The Hall–Kier alpha value is -2.06. The molecule has 0 aromatic heterocycles. The maximum absolute atomic E-state index is 11.5. The van der Waals surface area contributed by atoms with Gasteiger partial charge in [-0.2, -0.15) is 0 Å². The number of hydrogen-bond donors (Lipinski definition) is 3. The van der Waals surface area contributed by atoms with E-state index in [1.54, 1.807) is 12.1 Å². The number of benzene rings is 1. The maximum Gasteiger partial charge on any atom is 0.238 e. The van der Waals surface area contributed by atoms with Gasteiger partial charge in [-0.1, -0.05) is 12.1 Å². The lowest BCUT2D eigenvalue weighted by Gasteiger charge is -2.25. The summed E-state index contributed by atoms with van der Waals surface area (Å²) in [6, 6.07) is 5.07. The van der Waals surface area contributed by atoms with Gasteiger partial charge in [-0.3, -0.25) is 4.99 Å². The smallest absolute Gasteiger partial charge is 0.238 e. The molecule has 1 aromatic carbocycles. The Labute approximate surface area is 117 Å². The molecule has 6 N–H and O–H groups in total. The van der Waals surface area contributed by atoms with Crippen molar-refractivity contribution in [1.29, 1.82) is 0 Å². The van der Waals surface area contributed by atoms with E-state index in [9.17, 15) is 8.42 Å².